The average molecular weight is 438 g/mol. The molecule has 5 rings (SSSR count). The van der Waals surface area contributed by atoms with Crippen LogP contribution in [-0.4, -0.2) is 23.5 Å². The summed E-state index contributed by atoms with van der Waals surface area (Å²) in [5, 5.41) is 1.32. The van der Waals surface area contributed by atoms with Crippen LogP contribution < -0.4 is 4.72 Å². The van der Waals surface area contributed by atoms with Crippen LogP contribution in [0.25, 0.3) is 16.9 Å². The highest BCUT2D eigenvalue weighted by Crippen LogP contribution is 2.39. The van der Waals surface area contributed by atoms with Gasteiger partial charge >= 0.3 is 0 Å². The van der Waals surface area contributed by atoms with E-state index in [-0.39, 0.29) is 11.7 Å². The molecular formula is C24H24FN3O2S. The highest BCUT2D eigenvalue weighted by atomic mass is 32.2. The van der Waals surface area contributed by atoms with Crippen LogP contribution in [0.2, 0.25) is 0 Å². The molecule has 1 aliphatic heterocycles. The summed E-state index contributed by atoms with van der Waals surface area (Å²) < 4.78 is 42.2. The van der Waals surface area contributed by atoms with Gasteiger partial charge in [-0.05, 0) is 66.6 Å². The maximum Gasteiger partial charge on any atom is 0.234 e. The number of aromatic nitrogens is 2. The number of benzene rings is 2. The van der Waals surface area contributed by atoms with E-state index >= 15 is 0 Å². The Kier molecular flexibility index (Phi) is 4.83. The SMILES string of the molecule is CC[C@H]1Cc2ccc(-c3cn(-c4ccc(F)cc4)cn3)cc2CC[C@@]12C=CS(=O)(=O)N2. The van der Waals surface area contributed by atoms with E-state index in [2.05, 4.69) is 34.8 Å². The van der Waals surface area contributed by atoms with E-state index in [1.165, 1.54) is 28.7 Å². The van der Waals surface area contributed by atoms with Crippen LogP contribution in [0.15, 0.2) is 66.5 Å². The summed E-state index contributed by atoms with van der Waals surface area (Å²) in [6, 6.07) is 12.7. The number of imidazole rings is 1. The minimum atomic E-state index is -3.35. The molecule has 0 saturated carbocycles. The van der Waals surface area contributed by atoms with Gasteiger partial charge in [0.05, 0.1) is 17.6 Å². The summed E-state index contributed by atoms with van der Waals surface area (Å²) in [5.41, 5.74) is 4.72. The van der Waals surface area contributed by atoms with Crippen molar-refractivity contribution in [3.63, 3.8) is 0 Å². The second-order valence-corrected chi connectivity index (χ2v) is 9.99. The van der Waals surface area contributed by atoms with Crippen molar-refractivity contribution in [1.82, 2.24) is 14.3 Å². The number of halogens is 1. The van der Waals surface area contributed by atoms with Crippen LogP contribution >= 0.6 is 0 Å². The Bertz CT molecular complexity index is 1260. The first-order valence-electron chi connectivity index (χ1n) is 10.5. The van der Waals surface area contributed by atoms with Gasteiger partial charge in [-0.15, -0.1) is 0 Å². The van der Waals surface area contributed by atoms with Crippen LogP contribution in [-0.2, 0) is 22.9 Å². The highest BCUT2D eigenvalue weighted by molar-refractivity contribution is 7.92. The van der Waals surface area contributed by atoms with Crippen LogP contribution in [0.5, 0.6) is 0 Å². The number of sulfonamides is 1. The Balaban J connectivity index is 1.44. The molecule has 31 heavy (non-hydrogen) atoms. The Hall–Kier alpha value is -2.77. The molecule has 2 heterocycles. The van der Waals surface area contributed by atoms with Crippen LogP contribution in [0, 0.1) is 11.7 Å². The maximum atomic E-state index is 13.2. The van der Waals surface area contributed by atoms with E-state index in [1.54, 1.807) is 18.5 Å². The molecular weight excluding hydrogens is 413 g/mol. The lowest BCUT2D eigenvalue weighted by Gasteiger charge is -2.33. The summed E-state index contributed by atoms with van der Waals surface area (Å²) in [6.45, 7) is 2.12. The predicted octanol–water partition coefficient (Wildman–Crippen LogP) is 4.38. The van der Waals surface area contributed by atoms with E-state index in [0.717, 1.165) is 42.6 Å². The van der Waals surface area contributed by atoms with E-state index in [9.17, 15) is 12.8 Å². The summed E-state index contributed by atoms with van der Waals surface area (Å²) in [4.78, 5) is 4.55. The first-order chi connectivity index (χ1) is 14.9. The van der Waals surface area contributed by atoms with Crippen molar-refractivity contribution in [1.29, 1.82) is 0 Å². The van der Waals surface area contributed by atoms with Gasteiger partial charge in [0.15, 0.2) is 0 Å². The topological polar surface area (TPSA) is 64.0 Å². The lowest BCUT2D eigenvalue weighted by atomic mass is 9.78. The second-order valence-electron chi connectivity index (χ2n) is 8.43. The first kappa shape index (κ1) is 20.2. The van der Waals surface area contributed by atoms with Crippen LogP contribution in [0.1, 0.15) is 30.9 Å². The van der Waals surface area contributed by atoms with Crippen LogP contribution in [0.4, 0.5) is 4.39 Å². The zero-order valence-electron chi connectivity index (χ0n) is 17.3. The quantitative estimate of drug-likeness (QED) is 0.661. The third-order valence-electron chi connectivity index (χ3n) is 6.58. The molecule has 2 aliphatic rings. The third kappa shape index (κ3) is 3.72. The molecule has 160 valence electrons. The van der Waals surface area contributed by atoms with Crippen molar-refractivity contribution in [3.8, 4) is 16.9 Å². The summed E-state index contributed by atoms with van der Waals surface area (Å²) in [5.74, 6) is -0.0526. The molecule has 7 heteroatoms. The number of rotatable bonds is 3. The van der Waals surface area contributed by atoms with E-state index in [0.29, 0.717) is 0 Å². The van der Waals surface area contributed by atoms with Gasteiger partial charge in [-0.2, -0.15) is 0 Å². The molecule has 3 aromatic rings. The molecule has 2 aromatic carbocycles. The molecule has 1 N–H and O–H groups in total. The fraction of sp³-hybridized carbons (Fsp3) is 0.292. The van der Waals surface area contributed by atoms with Gasteiger partial charge in [0.1, 0.15) is 5.82 Å². The molecule has 0 amide bonds. The molecule has 5 nitrogen and oxygen atoms in total. The van der Waals surface area contributed by atoms with E-state index in [4.69, 9.17) is 0 Å². The van der Waals surface area contributed by atoms with Gasteiger partial charge in [0.2, 0.25) is 10.0 Å². The Morgan fingerprint density at radius 1 is 1.19 bits per heavy atom. The number of hydrogen-bond acceptors (Lipinski definition) is 3. The molecule has 0 bridgehead atoms. The summed E-state index contributed by atoms with van der Waals surface area (Å²) in [6.07, 6.45) is 8.80. The van der Waals surface area contributed by atoms with Crippen molar-refractivity contribution in [3.05, 3.63) is 83.4 Å². The van der Waals surface area contributed by atoms with E-state index in [1.807, 2.05) is 16.8 Å². The average Bonchev–Trinajstić information content (AvgIpc) is 3.32. The predicted molar refractivity (Wildman–Crippen MR) is 119 cm³/mol. The number of fused-ring (bicyclic) bond motifs is 1. The van der Waals surface area contributed by atoms with Gasteiger partial charge in [-0.25, -0.2) is 22.5 Å². The standard InChI is InChI=1S/C24H24FN3O2S/c1-2-20-14-17-3-4-19(13-18(17)9-10-24(20)11-12-31(29,30)27-24)23-15-28(16-26-23)22-7-5-21(25)6-8-22/h3-8,11-13,15-16,20,27H,2,9-10,14H2,1H3/t20-,24+/m0/s1. The molecule has 2 atom stereocenters. The molecule has 0 fully saturated rings. The maximum absolute atomic E-state index is 13.2. The first-order valence-corrected chi connectivity index (χ1v) is 12.1. The van der Waals surface area contributed by atoms with Gasteiger partial charge in [-0.1, -0.05) is 31.6 Å². The van der Waals surface area contributed by atoms with Crippen molar-refractivity contribution < 1.29 is 12.8 Å². The van der Waals surface area contributed by atoms with Gasteiger partial charge < -0.3 is 4.57 Å². The van der Waals surface area contributed by atoms with Crippen LogP contribution in [0.3, 0.4) is 0 Å². The minimum absolute atomic E-state index is 0.214. The van der Waals surface area contributed by atoms with Gasteiger partial charge in [-0.3, -0.25) is 0 Å². The smallest absolute Gasteiger partial charge is 0.234 e. The molecule has 0 saturated heterocycles. The van der Waals surface area contributed by atoms with Crippen molar-refractivity contribution in [2.75, 3.05) is 0 Å². The number of hydrogen-bond donors (Lipinski definition) is 1. The Labute approximate surface area is 181 Å². The number of nitrogens with zero attached hydrogens (tertiary/aromatic N) is 2. The fourth-order valence-corrected chi connectivity index (χ4v) is 6.20. The second kappa shape index (κ2) is 7.43. The van der Waals surface area contributed by atoms with Crippen molar-refractivity contribution >= 4 is 10.0 Å². The zero-order valence-corrected chi connectivity index (χ0v) is 18.1. The van der Waals surface area contributed by atoms with Gasteiger partial charge in [0, 0.05) is 22.9 Å². The van der Waals surface area contributed by atoms with Crippen molar-refractivity contribution in [2.45, 2.75) is 38.1 Å². The molecule has 1 spiro atoms. The zero-order chi connectivity index (χ0) is 21.6. The van der Waals surface area contributed by atoms with E-state index < -0.39 is 15.6 Å². The number of aryl methyl sites for hydroxylation is 1. The molecule has 1 aromatic heterocycles. The molecule has 1 aliphatic carbocycles. The van der Waals surface area contributed by atoms with Crippen molar-refractivity contribution in [2.24, 2.45) is 5.92 Å². The van der Waals surface area contributed by atoms with Gasteiger partial charge in [0.25, 0.3) is 0 Å². The largest absolute Gasteiger partial charge is 0.306 e. The molecule has 0 radical (unpaired) electrons. The lowest BCUT2D eigenvalue weighted by Crippen LogP contribution is -2.48. The Morgan fingerprint density at radius 3 is 2.71 bits per heavy atom. The number of nitrogens with one attached hydrogen (secondary N) is 1. The third-order valence-corrected chi connectivity index (χ3v) is 7.74. The lowest BCUT2D eigenvalue weighted by molar-refractivity contribution is 0.290. The molecule has 0 unspecified atom stereocenters. The normalized spacial score (nSPS) is 24.3. The minimum Gasteiger partial charge on any atom is -0.306 e. The fourth-order valence-electron chi connectivity index (χ4n) is 4.84. The summed E-state index contributed by atoms with van der Waals surface area (Å²) >= 11 is 0. The monoisotopic (exact) mass is 437 g/mol. The summed E-state index contributed by atoms with van der Waals surface area (Å²) in [7, 11) is -3.35. The highest BCUT2D eigenvalue weighted by Gasteiger charge is 2.43. The Morgan fingerprint density at radius 2 is 2.00 bits per heavy atom.